The average molecular weight is 352 g/mol. The third kappa shape index (κ3) is 12.8. The Labute approximate surface area is 139 Å². The maximum absolute atomic E-state index is 9.51. The molecule has 0 aliphatic carbocycles. The molecular weight excluding hydrogens is 329 g/mol. The van der Waals surface area contributed by atoms with Gasteiger partial charge < -0.3 is 15.3 Å². The Hall–Kier alpha value is -0.656. The first-order valence-corrected chi connectivity index (χ1v) is 8.36. The summed E-state index contributed by atoms with van der Waals surface area (Å²) in [6.45, 7) is 1.98. The molecule has 0 amide bonds. The third-order valence-electron chi connectivity index (χ3n) is 2.23. The van der Waals surface area contributed by atoms with Gasteiger partial charge in [-0.05, 0) is 37.5 Å². The van der Waals surface area contributed by atoms with Crippen molar-refractivity contribution < 1.29 is 36.4 Å². The molecular formula is C14H23NO4SV. The predicted molar refractivity (Wildman–Crippen MR) is 83.0 cm³/mol. The van der Waals surface area contributed by atoms with Crippen molar-refractivity contribution in [3.63, 3.8) is 0 Å². The number of hydrogen-bond donors (Lipinski definition) is 3. The molecule has 1 aromatic carbocycles. The first-order chi connectivity index (χ1) is 10.2. The number of benzene rings is 1. The molecule has 0 radical (unpaired) electrons. The minimum atomic E-state index is -0.0768. The summed E-state index contributed by atoms with van der Waals surface area (Å²) in [5.74, 6) is 1.19. The van der Waals surface area contributed by atoms with E-state index >= 15 is 0 Å². The van der Waals surface area contributed by atoms with Crippen LogP contribution in [0.2, 0.25) is 0 Å². The van der Waals surface area contributed by atoms with Crippen LogP contribution in [0.25, 0.3) is 0 Å². The normalized spacial score (nSPS) is 11.0. The summed E-state index contributed by atoms with van der Waals surface area (Å²) in [7, 11) is 0. The number of rotatable bonds is 6. The van der Waals surface area contributed by atoms with E-state index < -0.39 is 0 Å². The quantitative estimate of drug-likeness (QED) is 0.680. The van der Waals surface area contributed by atoms with Gasteiger partial charge in [-0.15, -0.1) is 0 Å². The van der Waals surface area contributed by atoms with Gasteiger partial charge in [0.2, 0.25) is 0 Å². The van der Waals surface area contributed by atoms with Crippen LogP contribution in [0.5, 0.6) is 5.75 Å². The summed E-state index contributed by atoms with van der Waals surface area (Å²) in [6.07, 6.45) is 4.50. The second kappa shape index (κ2) is 17.4. The molecule has 0 unspecified atom stereocenters. The van der Waals surface area contributed by atoms with Crippen LogP contribution >= 0.6 is 11.8 Å². The number of aliphatic imine (C=N–C) groups is 1. The van der Waals surface area contributed by atoms with Crippen LogP contribution in [0.15, 0.2) is 29.3 Å². The first-order valence-electron chi connectivity index (χ1n) is 6.39. The molecule has 0 fully saturated rings. The standard InChI is InChI=1S/C12H17NO2S.C2H6O.O.V/c1-16-7-6-11(9-14)13-8-10-4-2-3-5-12(10)15;1-2-3;;/h2-5,8,11,14-15H,6-7,9H2,1H3;3H,2H2,1H3;;/t11-;;;/m0.../s1. The van der Waals surface area contributed by atoms with Crippen LogP contribution < -0.4 is 0 Å². The van der Waals surface area contributed by atoms with Gasteiger partial charge in [0, 0.05) is 18.4 Å². The summed E-state index contributed by atoms with van der Waals surface area (Å²) >= 11 is 2.80. The Bertz CT molecular complexity index is 380. The van der Waals surface area contributed by atoms with Gasteiger partial charge in [0.05, 0.1) is 12.6 Å². The van der Waals surface area contributed by atoms with Crippen molar-refractivity contribution >= 4 is 18.0 Å². The van der Waals surface area contributed by atoms with E-state index in [4.69, 9.17) is 13.9 Å². The van der Waals surface area contributed by atoms with Crippen molar-refractivity contribution in [3.05, 3.63) is 29.8 Å². The Morgan fingerprint density at radius 1 is 1.33 bits per heavy atom. The van der Waals surface area contributed by atoms with Crippen molar-refractivity contribution in [1.82, 2.24) is 0 Å². The Balaban J connectivity index is 0. The average Bonchev–Trinajstić information content (AvgIpc) is 2.52. The van der Waals surface area contributed by atoms with E-state index in [2.05, 4.69) is 4.99 Å². The van der Waals surface area contributed by atoms with Crippen molar-refractivity contribution in [2.75, 3.05) is 25.2 Å². The number of aliphatic hydroxyl groups excluding tert-OH is 2. The van der Waals surface area contributed by atoms with E-state index in [0.717, 1.165) is 29.5 Å². The summed E-state index contributed by atoms with van der Waals surface area (Å²) < 4.78 is 8.19. The molecule has 7 heteroatoms. The molecule has 0 saturated heterocycles. The molecule has 5 nitrogen and oxygen atoms in total. The van der Waals surface area contributed by atoms with Gasteiger partial charge in [-0.1, -0.05) is 12.1 Å². The number of thioether (sulfide) groups is 1. The van der Waals surface area contributed by atoms with E-state index in [9.17, 15) is 5.11 Å². The van der Waals surface area contributed by atoms with Gasteiger partial charge >= 0.3 is 21.0 Å². The third-order valence-corrected chi connectivity index (χ3v) is 2.87. The van der Waals surface area contributed by atoms with Crippen LogP contribution in [0, 0.1) is 0 Å². The number of nitrogens with zero attached hydrogens (tertiary/aromatic N) is 1. The second-order valence-electron chi connectivity index (χ2n) is 3.77. The van der Waals surface area contributed by atoms with Crippen LogP contribution in [-0.2, 0) is 21.0 Å². The molecule has 0 aliphatic rings. The van der Waals surface area contributed by atoms with Crippen LogP contribution in [-0.4, -0.2) is 52.8 Å². The van der Waals surface area contributed by atoms with Gasteiger partial charge in [0.15, 0.2) is 0 Å². The molecule has 0 heterocycles. The van der Waals surface area contributed by atoms with Gasteiger partial charge in [-0.3, -0.25) is 4.99 Å². The number of hydrogen-bond acceptors (Lipinski definition) is 6. The monoisotopic (exact) mass is 352 g/mol. The Morgan fingerprint density at radius 3 is 2.38 bits per heavy atom. The van der Waals surface area contributed by atoms with Gasteiger partial charge in [0.25, 0.3) is 0 Å². The van der Waals surface area contributed by atoms with Crippen molar-refractivity contribution in [2.24, 2.45) is 4.99 Å². The van der Waals surface area contributed by atoms with E-state index in [1.54, 1.807) is 43.1 Å². The number of phenolic OH excluding ortho intramolecular Hbond substituents is 1. The molecule has 3 N–H and O–H groups in total. The molecule has 0 aliphatic heterocycles. The van der Waals surface area contributed by atoms with E-state index in [1.807, 2.05) is 12.3 Å². The summed E-state index contributed by atoms with van der Waals surface area (Å²) in [4.78, 5) is 4.26. The zero-order valence-corrected chi connectivity index (χ0v) is 14.6. The van der Waals surface area contributed by atoms with Gasteiger partial charge in [-0.2, -0.15) is 11.8 Å². The number of aromatic hydroxyl groups is 1. The van der Waals surface area contributed by atoms with E-state index in [1.165, 1.54) is 0 Å². The van der Waals surface area contributed by atoms with Crippen molar-refractivity contribution in [3.8, 4) is 5.75 Å². The van der Waals surface area contributed by atoms with Crippen LogP contribution in [0.1, 0.15) is 18.9 Å². The van der Waals surface area contributed by atoms with Crippen LogP contribution in [0.4, 0.5) is 0 Å². The van der Waals surface area contributed by atoms with Crippen LogP contribution in [0.3, 0.4) is 0 Å². The van der Waals surface area contributed by atoms with Crippen molar-refractivity contribution in [1.29, 1.82) is 0 Å². The topological polar surface area (TPSA) is 90.1 Å². The Kier molecular flexibility index (Phi) is 18.7. The summed E-state index contributed by atoms with van der Waals surface area (Å²) in [5, 5.41) is 26.2. The fourth-order valence-corrected chi connectivity index (χ4v) is 1.76. The Morgan fingerprint density at radius 2 is 1.90 bits per heavy atom. The van der Waals surface area contributed by atoms with Crippen molar-refractivity contribution in [2.45, 2.75) is 19.4 Å². The molecule has 21 heavy (non-hydrogen) atoms. The summed E-state index contributed by atoms with van der Waals surface area (Å²) in [6, 6.07) is 6.95. The van der Waals surface area contributed by atoms with E-state index in [0.29, 0.717) is 5.56 Å². The molecule has 0 spiro atoms. The number of para-hydroxylation sites is 1. The van der Waals surface area contributed by atoms with E-state index in [-0.39, 0.29) is 25.0 Å². The zero-order valence-electron chi connectivity index (χ0n) is 12.3. The SMILES string of the molecule is CCO.CSCC[C@@H](CO)N=Cc1ccccc1O.[O]=[V]. The molecule has 1 aromatic rings. The fourth-order valence-electron chi connectivity index (χ4n) is 1.25. The molecule has 0 aromatic heterocycles. The molecule has 1 atom stereocenters. The number of phenols is 1. The summed E-state index contributed by atoms with van der Waals surface area (Å²) in [5.41, 5.74) is 0.685. The van der Waals surface area contributed by atoms with Gasteiger partial charge in [0.1, 0.15) is 5.75 Å². The van der Waals surface area contributed by atoms with Gasteiger partial charge in [-0.25, -0.2) is 0 Å². The molecule has 119 valence electrons. The fraction of sp³-hybridized carbons (Fsp3) is 0.500. The molecule has 0 bridgehead atoms. The number of aliphatic hydroxyl groups is 2. The maximum atomic E-state index is 9.51. The molecule has 1 rings (SSSR count). The first kappa shape index (κ1) is 22.6. The second-order valence-corrected chi connectivity index (χ2v) is 4.76. The molecule has 0 saturated carbocycles. The zero-order chi connectivity index (χ0) is 16.5. The minimum absolute atomic E-state index is 0.0463. The predicted octanol–water partition coefficient (Wildman–Crippen LogP) is 1.80.